The monoisotopic (exact) mass is 242 g/mol. The van der Waals surface area contributed by atoms with Crippen molar-refractivity contribution in [2.24, 2.45) is 5.73 Å². The Morgan fingerprint density at radius 3 is 2.65 bits per heavy atom. The van der Waals surface area contributed by atoms with E-state index in [1.807, 2.05) is 25.7 Å². The van der Waals surface area contributed by atoms with Gasteiger partial charge < -0.3 is 15.4 Å². The zero-order valence-corrected chi connectivity index (χ0v) is 11.5. The van der Waals surface area contributed by atoms with E-state index in [1.54, 1.807) is 0 Å². The van der Waals surface area contributed by atoms with E-state index in [0.29, 0.717) is 0 Å². The standard InChI is InChI=1S/C13H26N2O2/c1-5-10(14)11-8-6-7-9-15(11)12(16)17-13(2,3)4/h10-11H,5-9,14H2,1-4H3/t10-,11+/m1/s1. The lowest BCUT2D eigenvalue weighted by Crippen LogP contribution is -2.53. The van der Waals surface area contributed by atoms with Gasteiger partial charge in [0, 0.05) is 12.6 Å². The van der Waals surface area contributed by atoms with Crippen molar-refractivity contribution in [3.63, 3.8) is 0 Å². The summed E-state index contributed by atoms with van der Waals surface area (Å²) in [5.41, 5.74) is 5.66. The number of nitrogens with two attached hydrogens (primary N) is 1. The molecule has 0 radical (unpaired) electrons. The summed E-state index contributed by atoms with van der Waals surface area (Å²) in [6, 6.07) is 0.200. The molecule has 1 amide bonds. The molecule has 1 aliphatic heterocycles. The largest absolute Gasteiger partial charge is 0.444 e. The van der Waals surface area contributed by atoms with Crippen molar-refractivity contribution < 1.29 is 9.53 Å². The summed E-state index contributed by atoms with van der Waals surface area (Å²) in [5, 5.41) is 0. The molecule has 0 bridgehead atoms. The Morgan fingerprint density at radius 2 is 2.12 bits per heavy atom. The number of hydrogen-bond acceptors (Lipinski definition) is 3. The predicted octanol–water partition coefficient (Wildman–Crippen LogP) is 2.51. The van der Waals surface area contributed by atoms with Gasteiger partial charge >= 0.3 is 6.09 Å². The minimum atomic E-state index is -0.435. The van der Waals surface area contributed by atoms with Gasteiger partial charge in [-0.15, -0.1) is 0 Å². The third-order valence-electron chi connectivity index (χ3n) is 3.14. The summed E-state index contributed by atoms with van der Waals surface area (Å²) in [6.07, 6.45) is 3.87. The van der Waals surface area contributed by atoms with Crippen molar-refractivity contribution in [3.8, 4) is 0 Å². The van der Waals surface area contributed by atoms with Gasteiger partial charge in [0.2, 0.25) is 0 Å². The Kier molecular flexibility index (Phi) is 4.80. The summed E-state index contributed by atoms with van der Waals surface area (Å²) in [4.78, 5) is 13.9. The molecule has 0 aromatic carbocycles. The number of hydrogen-bond donors (Lipinski definition) is 1. The molecule has 0 unspecified atom stereocenters. The van der Waals surface area contributed by atoms with Crippen LogP contribution in [0.25, 0.3) is 0 Å². The lowest BCUT2D eigenvalue weighted by molar-refractivity contribution is 0.00643. The maximum absolute atomic E-state index is 12.1. The minimum Gasteiger partial charge on any atom is -0.444 e. The Labute approximate surface area is 104 Å². The van der Waals surface area contributed by atoms with Gasteiger partial charge in [0.15, 0.2) is 0 Å². The van der Waals surface area contributed by atoms with Crippen LogP contribution in [0.2, 0.25) is 0 Å². The number of carbonyl (C=O) groups is 1. The fourth-order valence-corrected chi connectivity index (χ4v) is 2.22. The van der Waals surface area contributed by atoms with E-state index in [2.05, 4.69) is 6.92 Å². The van der Waals surface area contributed by atoms with Crippen molar-refractivity contribution in [3.05, 3.63) is 0 Å². The van der Waals surface area contributed by atoms with Crippen LogP contribution in [0.1, 0.15) is 53.4 Å². The van der Waals surface area contributed by atoms with Crippen molar-refractivity contribution in [2.75, 3.05) is 6.54 Å². The van der Waals surface area contributed by atoms with Gasteiger partial charge in [0.05, 0.1) is 6.04 Å². The lowest BCUT2D eigenvalue weighted by atomic mass is 9.95. The third kappa shape index (κ3) is 4.19. The molecule has 1 aliphatic rings. The molecule has 2 atom stereocenters. The van der Waals surface area contributed by atoms with E-state index < -0.39 is 5.60 Å². The average molecular weight is 242 g/mol. The van der Waals surface area contributed by atoms with Crippen LogP contribution in [-0.4, -0.2) is 35.2 Å². The summed E-state index contributed by atoms with van der Waals surface area (Å²) in [5.74, 6) is 0. The molecule has 4 heteroatoms. The quantitative estimate of drug-likeness (QED) is 0.809. The zero-order chi connectivity index (χ0) is 13.1. The van der Waals surface area contributed by atoms with Crippen LogP contribution in [0.4, 0.5) is 4.79 Å². The molecular formula is C13H26N2O2. The number of likely N-dealkylation sites (tertiary alicyclic amines) is 1. The van der Waals surface area contributed by atoms with E-state index in [0.717, 1.165) is 32.2 Å². The molecule has 4 nitrogen and oxygen atoms in total. The molecule has 1 saturated heterocycles. The van der Waals surface area contributed by atoms with E-state index >= 15 is 0 Å². The van der Waals surface area contributed by atoms with E-state index in [4.69, 9.17) is 10.5 Å². The number of ether oxygens (including phenoxy) is 1. The summed E-state index contributed by atoms with van der Waals surface area (Å²) in [7, 11) is 0. The first kappa shape index (κ1) is 14.3. The van der Waals surface area contributed by atoms with Crippen LogP contribution in [0.3, 0.4) is 0 Å². The van der Waals surface area contributed by atoms with E-state index in [-0.39, 0.29) is 18.2 Å². The number of rotatable bonds is 2. The van der Waals surface area contributed by atoms with Crippen molar-refractivity contribution in [2.45, 2.75) is 71.1 Å². The Hall–Kier alpha value is -0.770. The number of piperidine rings is 1. The van der Waals surface area contributed by atoms with Gasteiger partial charge in [-0.25, -0.2) is 4.79 Å². The highest BCUT2D eigenvalue weighted by atomic mass is 16.6. The molecule has 17 heavy (non-hydrogen) atoms. The fraction of sp³-hybridized carbons (Fsp3) is 0.923. The molecule has 0 aromatic heterocycles. The number of nitrogens with zero attached hydrogens (tertiary/aromatic N) is 1. The average Bonchev–Trinajstić information content (AvgIpc) is 2.25. The Balaban J connectivity index is 2.67. The van der Waals surface area contributed by atoms with Crippen LogP contribution in [0.15, 0.2) is 0 Å². The molecule has 100 valence electrons. The number of amides is 1. The molecule has 0 spiro atoms. The highest BCUT2D eigenvalue weighted by Crippen LogP contribution is 2.22. The third-order valence-corrected chi connectivity index (χ3v) is 3.14. The molecule has 1 heterocycles. The molecule has 0 saturated carbocycles. The predicted molar refractivity (Wildman–Crippen MR) is 68.8 cm³/mol. The minimum absolute atomic E-state index is 0.0582. The van der Waals surface area contributed by atoms with Crippen LogP contribution >= 0.6 is 0 Å². The maximum atomic E-state index is 12.1. The van der Waals surface area contributed by atoms with Gasteiger partial charge in [-0.3, -0.25) is 0 Å². The van der Waals surface area contributed by atoms with Crippen LogP contribution in [0.5, 0.6) is 0 Å². The van der Waals surface area contributed by atoms with Crippen LogP contribution in [0, 0.1) is 0 Å². The van der Waals surface area contributed by atoms with Gasteiger partial charge in [0.1, 0.15) is 5.60 Å². The van der Waals surface area contributed by atoms with Crippen molar-refractivity contribution >= 4 is 6.09 Å². The van der Waals surface area contributed by atoms with Crippen molar-refractivity contribution in [1.29, 1.82) is 0 Å². The zero-order valence-electron chi connectivity index (χ0n) is 11.5. The second kappa shape index (κ2) is 5.71. The van der Waals surface area contributed by atoms with Gasteiger partial charge in [-0.2, -0.15) is 0 Å². The molecular weight excluding hydrogens is 216 g/mol. The SMILES string of the molecule is CC[C@@H](N)[C@@H]1CCCCN1C(=O)OC(C)(C)C. The summed E-state index contributed by atoms with van der Waals surface area (Å²) in [6.45, 7) is 8.51. The van der Waals surface area contributed by atoms with Crippen molar-refractivity contribution in [1.82, 2.24) is 4.90 Å². The molecule has 2 N–H and O–H groups in total. The van der Waals surface area contributed by atoms with Gasteiger partial charge in [-0.1, -0.05) is 6.92 Å². The maximum Gasteiger partial charge on any atom is 0.410 e. The number of carbonyl (C=O) groups excluding carboxylic acids is 1. The topological polar surface area (TPSA) is 55.6 Å². The second-order valence-corrected chi connectivity index (χ2v) is 5.81. The first-order valence-corrected chi connectivity index (χ1v) is 6.60. The van der Waals surface area contributed by atoms with Gasteiger partial charge in [-0.05, 0) is 46.5 Å². The molecule has 1 fully saturated rings. The first-order chi connectivity index (χ1) is 7.85. The fourth-order valence-electron chi connectivity index (χ4n) is 2.22. The normalized spacial score (nSPS) is 23.4. The Bertz CT molecular complexity index is 261. The van der Waals surface area contributed by atoms with Crippen LogP contribution in [-0.2, 0) is 4.74 Å². The van der Waals surface area contributed by atoms with E-state index in [9.17, 15) is 4.79 Å². The highest BCUT2D eigenvalue weighted by Gasteiger charge is 2.33. The highest BCUT2D eigenvalue weighted by molar-refractivity contribution is 5.68. The Morgan fingerprint density at radius 1 is 1.47 bits per heavy atom. The molecule has 1 rings (SSSR count). The smallest absolute Gasteiger partial charge is 0.410 e. The first-order valence-electron chi connectivity index (χ1n) is 6.60. The lowest BCUT2D eigenvalue weighted by Gasteiger charge is -2.39. The summed E-state index contributed by atoms with van der Waals surface area (Å²) < 4.78 is 5.43. The molecule has 0 aliphatic carbocycles. The van der Waals surface area contributed by atoms with E-state index in [1.165, 1.54) is 0 Å². The van der Waals surface area contributed by atoms with Gasteiger partial charge in [0.25, 0.3) is 0 Å². The summed E-state index contributed by atoms with van der Waals surface area (Å²) >= 11 is 0. The molecule has 0 aromatic rings. The van der Waals surface area contributed by atoms with Crippen LogP contribution < -0.4 is 5.73 Å². The second-order valence-electron chi connectivity index (χ2n) is 5.81.